The van der Waals surface area contributed by atoms with Crippen LogP contribution in [0.4, 0.5) is 0 Å². The lowest BCUT2D eigenvalue weighted by atomic mass is 9.92. The van der Waals surface area contributed by atoms with Crippen LogP contribution in [0.1, 0.15) is 64.1 Å². The fourth-order valence-electron chi connectivity index (χ4n) is 3.46. The summed E-state index contributed by atoms with van der Waals surface area (Å²) in [5.41, 5.74) is 9.98. The number of amides is 3. The van der Waals surface area contributed by atoms with Crippen molar-refractivity contribution in [1.29, 1.82) is 0 Å². The van der Waals surface area contributed by atoms with Gasteiger partial charge in [0.2, 0.25) is 18.2 Å². The van der Waals surface area contributed by atoms with Crippen LogP contribution in [0.15, 0.2) is 29.8 Å². The summed E-state index contributed by atoms with van der Waals surface area (Å²) in [5.74, 6) is -1.17. The van der Waals surface area contributed by atoms with Gasteiger partial charge in [-0.25, -0.2) is 4.98 Å². The molecule has 1 fully saturated rings. The quantitative estimate of drug-likeness (QED) is 0.350. The highest BCUT2D eigenvalue weighted by atomic mass is 32.1. The summed E-state index contributed by atoms with van der Waals surface area (Å²) in [6.07, 6.45) is 2.22. The summed E-state index contributed by atoms with van der Waals surface area (Å²) in [6, 6.07) is 8.15. The number of aryl methyl sites for hydroxylation is 1. The number of nitrogens with one attached hydrogen (secondary N) is 1. The van der Waals surface area contributed by atoms with Crippen LogP contribution in [-0.4, -0.2) is 63.5 Å². The molecule has 1 atom stereocenters. The van der Waals surface area contributed by atoms with E-state index in [1.807, 2.05) is 24.6 Å². The van der Waals surface area contributed by atoms with Crippen LogP contribution >= 0.6 is 11.3 Å². The van der Waals surface area contributed by atoms with Crippen LogP contribution in [0.3, 0.4) is 0 Å². The fraction of sp³-hybridized carbons (Fsp3) is 0.519. The van der Waals surface area contributed by atoms with Crippen molar-refractivity contribution < 1.29 is 29.4 Å². The van der Waals surface area contributed by atoms with Gasteiger partial charge in [-0.05, 0) is 36.3 Å². The zero-order valence-corrected chi connectivity index (χ0v) is 23.4. The van der Waals surface area contributed by atoms with E-state index >= 15 is 0 Å². The average molecular weight is 549 g/mol. The van der Waals surface area contributed by atoms with E-state index < -0.39 is 11.9 Å². The Hall–Kier alpha value is -3.31. The van der Waals surface area contributed by atoms with Gasteiger partial charge in [0.15, 0.2) is 0 Å². The third-order valence-electron chi connectivity index (χ3n) is 5.36. The SMILES string of the molecule is CC(C)(C)CC(=O)N1CCC(O)C1.Cc1ncsc1-c1ccc(CNC=O)cc1.NC(=O)CCCC(=O)O. The molecule has 3 amide bonds. The van der Waals surface area contributed by atoms with E-state index in [0.717, 1.165) is 24.2 Å². The molecular formula is C27H40N4O6S. The number of thiazole rings is 1. The molecule has 0 aliphatic carbocycles. The van der Waals surface area contributed by atoms with Crippen molar-refractivity contribution >= 4 is 35.5 Å². The summed E-state index contributed by atoms with van der Waals surface area (Å²) >= 11 is 1.64. The first-order valence-corrected chi connectivity index (χ1v) is 13.3. The number of nitrogens with zero attached hydrogens (tertiary/aromatic N) is 2. The van der Waals surface area contributed by atoms with Gasteiger partial charge in [0.1, 0.15) is 0 Å². The number of carboxylic acid groups (broad SMARTS) is 1. The van der Waals surface area contributed by atoms with Gasteiger partial charge in [0.05, 0.1) is 22.2 Å². The number of aliphatic hydroxyl groups is 1. The Morgan fingerprint density at radius 1 is 1.21 bits per heavy atom. The molecule has 1 aliphatic heterocycles. The van der Waals surface area contributed by atoms with Crippen molar-refractivity contribution in [2.75, 3.05) is 13.1 Å². The van der Waals surface area contributed by atoms with Gasteiger partial charge in [0, 0.05) is 38.9 Å². The van der Waals surface area contributed by atoms with Crippen molar-refractivity contribution in [3.05, 3.63) is 41.0 Å². The van der Waals surface area contributed by atoms with Crippen molar-refractivity contribution in [2.24, 2.45) is 11.1 Å². The second-order valence-electron chi connectivity index (χ2n) is 10.2. The number of carbonyl (C=O) groups is 4. The predicted octanol–water partition coefficient (Wildman–Crippen LogP) is 3.11. The van der Waals surface area contributed by atoms with E-state index in [1.54, 1.807) is 16.2 Å². The van der Waals surface area contributed by atoms with Crippen LogP contribution in [-0.2, 0) is 25.7 Å². The number of aliphatic hydroxyl groups excluding tert-OH is 1. The van der Waals surface area contributed by atoms with Crippen LogP contribution in [0, 0.1) is 12.3 Å². The lowest BCUT2D eigenvalue weighted by Gasteiger charge is -2.22. The molecule has 0 spiro atoms. The minimum atomic E-state index is -0.892. The first-order valence-electron chi connectivity index (χ1n) is 12.4. The molecule has 1 aliphatic rings. The number of aliphatic carboxylic acids is 1. The van der Waals surface area contributed by atoms with Gasteiger partial charge in [0.25, 0.3) is 0 Å². The number of hydrogen-bond acceptors (Lipinski definition) is 7. The van der Waals surface area contributed by atoms with Crippen molar-refractivity contribution in [2.45, 2.75) is 72.4 Å². The monoisotopic (exact) mass is 548 g/mol. The Morgan fingerprint density at radius 3 is 2.32 bits per heavy atom. The summed E-state index contributed by atoms with van der Waals surface area (Å²) in [5, 5.41) is 20.0. The molecule has 10 nitrogen and oxygen atoms in total. The summed E-state index contributed by atoms with van der Waals surface area (Å²) in [7, 11) is 0. The van der Waals surface area contributed by atoms with Gasteiger partial charge < -0.3 is 26.2 Å². The topological polar surface area (TPSA) is 163 Å². The Labute approximate surface area is 228 Å². The molecule has 0 bridgehead atoms. The van der Waals surface area contributed by atoms with E-state index in [0.29, 0.717) is 32.3 Å². The van der Waals surface area contributed by atoms with Gasteiger partial charge >= 0.3 is 5.97 Å². The number of β-amino-alcohol motifs (C(OH)–C–C–N with tert-alkyl or cyclic N) is 1. The molecule has 11 heteroatoms. The second-order valence-corrected chi connectivity index (χ2v) is 11.1. The van der Waals surface area contributed by atoms with Crippen LogP contribution in [0.5, 0.6) is 0 Å². The van der Waals surface area contributed by atoms with E-state index in [-0.39, 0.29) is 30.3 Å². The Kier molecular flexibility index (Phi) is 14.2. The highest BCUT2D eigenvalue weighted by Crippen LogP contribution is 2.27. The van der Waals surface area contributed by atoms with Crippen molar-refractivity contribution in [3.63, 3.8) is 0 Å². The number of aromatic nitrogens is 1. The molecule has 38 heavy (non-hydrogen) atoms. The number of hydrogen-bond donors (Lipinski definition) is 4. The second kappa shape index (κ2) is 16.5. The fourth-order valence-corrected chi connectivity index (χ4v) is 4.27. The first kappa shape index (κ1) is 32.7. The smallest absolute Gasteiger partial charge is 0.303 e. The highest BCUT2D eigenvalue weighted by Gasteiger charge is 2.27. The molecule has 5 N–H and O–H groups in total. The van der Waals surface area contributed by atoms with Gasteiger partial charge in [-0.1, -0.05) is 45.0 Å². The maximum Gasteiger partial charge on any atom is 0.303 e. The maximum absolute atomic E-state index is 11.6. The molecule has 210 valence electrons. The number of carbonyl (C=O) groups excluding carboxylic acids is 3. The lowest BCUT2D eigenvalue weighted by Crippen LogP contribution is -2.32. The highest BCUT2D eigenvalue weighted by molar-refractivity contribution is 7.13. The van der Waals surface area contributed by atoms with E-state index in [9.17, 15) is 24.3 Å². The molecule has 1 aromatic carbocycles. The molecule has 1 saturated heterocycles. The number of nitrogens with two attached hydrogens (primary N) is 1. The standard InChI is InChI=1S/C12H12N2OS.C10H19NO2.C5H9NO3/c1-9-12(16-8-14-9)11-4-2-10(3-5-11)6-13-7-15;1-10(2,3)6-9(13)11-5-4-8(12)7-11;6-4(7)2-1-3-5(8)9/h2-5,7-8H,6H2,1H3,(H,13,15);8,12H,4-7H2,1-3H3;1-3H2,(H2,6,7)(H,8,9). The third-order valence-corrected chi connectivity index (χ3v) is 6.34. The number of primary amides is 1. The van der Waals surface area contributed by atoms with Crippen LogP contribution in [0.2, 0.25) is 0 Å². The minimum Gasteiger partial charge on any atom is -0.481 e. The Morgan fingerprint density at radius 2 is 1.87 bits per heavy atom. The van der Waals surface area contributed by atoms with Crippen LogP contribution in [0.25, 0.3) is 10.4 Å². The van der Waals surface area contributed by atoms with E-state index in [1.165, 1.54) is 10.4 Å². The number of benzene rings is 1. The van der Waals surface area contributed by atoms with Gasteiger partial charge in [-0.2, -0.15) is 0 Å². The first-order chi connectivity index (χ1) is 17.8. The normalized spacial score (nSPS) is 14.4. The number of likely N-dealkylation sites (tertiary alicyclic amines) is 1. The molecular weight excluding hydrogens is 508 g/mol. The molecule has 2 aromatic rings. The average Bonchev–Trinajstić information content (AvgIpc) is 3.45. The summed E-state index contributed by atoms with van der Waals surface area (Å²) < 4.78 is 0. The zero-order chi connectivity index (χ0) is 28.7. The largest absolute Gasteiger partial charge is 0.481 e. The number of rotatable bonds is 9. The van der Waals surface area contributed by atoms with Gasteiger partial charge in [-0.15, -0.1) is 11.3 Å². The molecule has 1 aromatic heterocycles. The van der Waals surface area contributed by atoms with Crippen LogP contribution < -0.4 is 11.1 Å². The van der Waals surface area contributed by atoms with Crippen molar-refractivity contribution in [1.82, 2.24) is 15.2 Å². The number of carboxylic acids is 1. The third kappa shape index (κ3) is 13.8. The molecule has 1 unspecified atom stereocenters. The summed E-state index contributed by atoms with van der Waals surface area (Å²) in [4.78, 5) is 48.8. The van der Waals surface area contributed by atoms with Gasteiger partial charge in [-0.3, -0.25) is 19.2 Å². The van der Waals surface area contributed by atoms with E-state index in [4.69, 9.17) is 10.8 Å². The molecule has 0 radical (unpaired) electrons. The maximum atomic E-state index is 11.6. The Bertz CT molecular complexity index is 1020. The predicted molar refractivity (Wildman–Crippen MR) is 147 cm³/mol. The minimum absolute atomic E-state index is 0.0168. The van der Waals surface area contributed by atoms with E-state index in [2.05, 4.69) is 43.2 Å². The Balaban J connectivity index is 0.000000298. The molecule has 0 saturated carbocycles. The summed E-state index contributed by atoms with van der Waals surface area (Å²) in [6.45, 7) is 9.98. The molecule has 2 heterocycles. The van der Waals surface area contributed by atoms with Crippen molar-refractivity contribution in [3.8, 4) is 10.4 Å². The molecule has 3 rings (SSSR count). The zero-order valence-electron chi connectivity index (χ0n) is 22.6. The lowest BCUT2D eigenvalue weighted by molar-refractivity contribution is -0.137.